The van der Waals surface area contributed by atoms with Crippen molar-refractivity contribution in [3.8, 4) is 11.3 Å². The van der Waals surface area contributed by atoms with Crippen molar-refractivity contribution in [3.63, 3.8) is 0 Å². The third-order valence-electron chi connectivity index (χ3n) is 5.44. The SMILES string of the molecule is CNC(=O)C1(S(=O)(=O)c2ccc(-c3cnc(CCC(C)(F)F)cn3)cc2)CCOCC1. The Morgan fingerprint density at radius 3 is 2.32 bits per heavy atom. The first kappa shape index (κ1) is 23.2. The summed E-state index contributed by atoms with van der Waals surface area (Å²) < 4.78 is 56.4. The smallest absolute Gasteiger partial charge is 0.245 e. The van der Waals surface area contributed by atoms with Gasteiger partial charge in [0.1, 0.15) is 0 Å². The number of nitrogens with zero attached hydrogens (tertiary/aromatic N) is 2. The molecule has 1 aliphatic rings. The number of ether oxygens (including phenoxy) is 1. The van der Waals surface area contributed by atoms with E-state index in [9.17, 15) is 22.0 Å². The van der Waals surface area contributed by atoms with E-state index in [1.54, 1.807) is 12.1 Å². The largest absolute Gasteiger partial charge is 0.381 e. The van der Waals surface area contributed by atoms with Crippen molar-refractivity contribution in [1.29, 1.82) is 0 Å². The van der Waals surface area contributed by atoms with Crippen LogP contribution in [0.25, 0.3) is 11.3 Å². The van der Waals surface area contributed by atoms with E-state index in [4.69, 9.17) is 4.74 Å². The number of alkyl halides is 2. The van der Waals surface area contributed by atoms with Gasteiger partial charge in [0.15, 0.2) is 14.6 Å². The molecular weight excluding hydrogens is 428 g/mol. The molecule has 1 aromatic heterocycles. The zero-order valence-electron chi connectivity index (χ0n) is 17.4. The van der Waals surface area contributed by atoms with Gasteiger partial charge in [-0.2, -0.15) is 0 Å². The molecule has 3 rings (SSSR count). The Balaban J connectivity index is 1.83. The average molecular weight is 454 g/mol. The minimum atomic E-state index is -3.96. The van der Waals surface area contributed by atoms with E-state index in [1.807, 2.05) is 0 Å². The lowest BCUT2D eigenvalue weighted by atomic mass is 9.98. The highest BCUT2D eigenvalue weighted by Crippen LogP contribution is 2.35. The molecule has 10 heteroatoms. The van der Waals surface area contributed by atoms with Gasteiger partial charge in [0.25, 0.3) is 0 Å². The predicted molar refractivity (Wildman–Crippen MR) is 110 cm³/mol. The summed E-state index contributed by atoms with van der Waals surface area (Å²) in [5.74, 6) is -3.31. The van der Waals surface area contributed by atoms with Gasteiger partial charge in [0.2, 0.25) is 11.8 Å². The molecule has 2 heterocycles. The molecule has 1 aliphatic heterocycles. The molecule has 31 heavy (non-hydrogen) atoms. The van der Waals surface area contributed by atoms with Crippen LogP contribution in [0, 0.1) is 0 Å². The minimum absolute atomic E-state index is 0.0384. The third kappa shape index (κ3) is 4.90. The number of nitrogens with one attached hydrogen (secondary N) is 1. The molecule has 0 radical (unpaired) electrons. The van der Waals surface area contributed by atoms with Gasteiger partial charge in [-0.05, 0) is 38.3 Å². The van der Waals surface area contributed by atoms with Crippen molar-refractivity contribution >= 4 is 15.7 Å². The van der Waals surface area contributed by atoms with E-state index >= 15 is 0 Å². The quantitative estimate of drug-likeness (QED) is 0.692. The van der Waals surface area contributed by atoms with Crippen LogP contribution in [0.2, 0.25) is 0 Å². The normalized spacial score (nSPS) is 16.6. The summed E-state index contributed by atoms with van der Waals surface area (Å²) in [6.07, 6.45) is 2.87. The van der Waals surface area contributed by atoms with E-state index in [0.717, 1.165) is 6.92 Å². The molecule has 1 N–H and O–H groups in total. The van der Waals surface area contributed by atoms with Crippen LogP contribution in [0.4, 0.5) is 8.78 Å². The predicted octanol–water partition coefficient (Wildman–Crippen LogP) is 2.80. The third-order valence-corrected chi connectivity index (χ3v) is 7.96. The number of amides is 1. The van der Waals surface area contributed by atoms with Crippen LogP contribution in [-0.2, 0) is 25.8 Å². The fourth-order valence-corrected chi connectivity index (χ4v) is 5.55. The molecule has 0 aliphatic carbocycles. The maximum absolute atomic E-state index is 13.3. The average Bonchev–Trinajstić information content (AvgIpc) is 2.77. The van der Waals surface area contributed by atoms with Crippen molar-refractivity contribution in [2.45, 2.75) is 48.2 Å². The molecule has 1 amide bonds. The highest BCUT2D eigenvalue weighted by Gasteiger charge is 2.51. The number of rotatable bonds is 7. The van der Waals surface area contributed by atoms with Crippen LogP contribution in [0.3, 0.4) is 0 Å². The molecule has 2 aromatic rings. The number of aromatic nitrogens is 2. The van der Waals surface area contributed by atoms with Gasteiger partial charge >= 0.3 is 0 Å². The van der Waals surface area contributed by atoms with Crippen molar-refractivity contribution in [2.75, 3.05) is 20.3 Å². The minimum Gasteiger partial charge on any atom is -0.381 e. The van der Waals surface area contributed by atoms with Gasteiger partial charge in [-0.25, -0.2) is 17.2 Å². The molecule has 7 nitrogen and oxygen atoms in total. The monoisotopic (exact) mass is 453 g/mol. The Morgan fingerprint density at radius 1 is 1.16 bits per heavy atom. The van der Waals surface area contributed by atoms with Crippen LogP contribution in [0.15, 0.2) is 41.6 Å². The molecule has 0 atom stereocenters. The van der Waals surface area contributed by atoms with E-state index < -0.39 is 26.4 Å². The Kier molecular flexibility index (Phi) is 6.70. The fraction of sp³-hybridized carbons (Fsp3) is 0.476. The number of hydrogen-bond donors (Lipinski definition) is 1. The van der Waals surface area contributed by atoms with Crippen LogP contribution < -0.4 is 5.32 Å². The Bertz CT molecular complexity index is 1010. The van der Waals surface area contributed by atoms with Crippen molar-refractivity contribution in [2.24, 2.45) is 0 Å². The lowest BCUT2D eigenvalue weighted by Crippen LogP contribution is -2.54. The summed E-state index contributed by atoms with van der Waals surface area (Å²) in [6.45, 7) is 1.24. The number of carbonyl (C=O) groups excluding carboxylic acids is 1. The van der Waals surface area contributed by atoms with Crippen molar-refractivity contribution < 1.29 is 26.7 Å². The van der Waals surface area contributed by atoms with Gasteiger partial charge in [0, 0.05) is 38.4 Å². The topological polar surface area (TPSA) is 98.2 Å². The van der Waals surface area contributed by atoms with Crippen molar-refractivity contribution in [3.05, 3.63) is 42.4 Å². The van der Waals surface area contributed by atoms with E-state index in [1.165, 1.54) is 31.6 Å². The van der Waals surface area contributed by atoms with E-state index in [-0.39, 0.29) is 43.8 Å². The lowest BCUT2D eigenvalue weighted by Gasteiger charge is -2.34. The second kappa shape index (κ2) is 8.96. The van der Waals surface area contributed by atoms with Crippen LogP contribution in [0.1, 0.15) is 31.9 Å². The molecule has 0 saturated carbocycles. The van der Waals surface area contributed by atoms with Crippen molar-refractivity contribution in [1.82, 2.24) is 15.3 Å². The van der Waals surface area contributed by atoms with Gasteiger partial charge in [0.05, 0.1) is 22.5 Å². The molecule has 168 valence electrons. The first-order valence-electron chi connectivity index (χ1n) is 9.93. The Hall–Kier alpha value is -2.46. The number of hydrogen-bond acceptors (Lipinski definition) is 6. The highest BCUT2D eigenvalue weighted by atomic mass is 32.2. The molecule has 1 fully saturated rings. The zero-order valence-corrected chi connectivity index (χ0v) is 18.2. The van der Waals surface area contributed by atoms with Crippen LogP contribution in [-0.4, -0.2) is 55.2 Å². The Labute approximate surface area is 180 Å². The lowest BCUT2D eigenvalue weighted by molar-refractivity contribution is -0.125. The standard InChI is InChI=1S/C21H25F2N3O4S/c1-20(22,23)8-7-16-13-26-18(14-25-16)15-3-5-17(6-4-15)31(28,29)21(19(27)24-2)9-11-30-12-10-21/h3-6,13-14H,7-12H2,1-2H3,(H,24,27). The second-order valence-electron chi connectivity index (χ2n) is 7.68. The molecule has 0 bridgehead atoms. The van der Waals surface area contributed by atoms with Gasteiger partial charge in [-0.1, -0.05) is 12.1 Å². The maximum Gasteiger partial charge on any atom is 0.245 e. The fourth-order valence-electron chi connectivity index (χ4n) is 3.56. The van der Waals surface area contributed by atoms with Gasteiger partial charge in [-0.3, -0.25) is 14.8 Å². The molecule has 0 spiro atoms. The highest BCUT2D eigenvalue weighted by molar-refractivity contribution is 7.93. The first-order valence-corrected chi connectivity index (χ1v) is 11.4. The first-order chi connectivity index (χ1) is 14.6. The Morgan fingerprint density at radius 2 is 1.81 bits per heavy atom. The summed E-state index contributed by atoms with van der Waals surface area (Å²) in [6, 6.07) is 6.07. The van der Waals surface area contributed by atoms with Gasteiger partial charge < -0.3 is 10.1 Å². The number of halogens is 2. The zero-order chi connectivity index (χ0) is 22.7. The number of sulfone groups is 1. The molecule has 1 aromatic carbocycles. The maximum atomic E-state index is 13.3. The summed E-state index contributed by atoms with van der Waals surface area (Å²) in [4.78, 5) is 21.0. The molecule has 1 saturated heterocycles. The number of aryl methyl sites for hydroxylation is 1. The summed E-state index contributed by atoms with van der Waals surface area (Å²) in [7, 11) is -2.54. The summed E-state index contributed by atoms with van der Waals surface area (Å²) in [5, 5.41) is 2.47. The van der Waals surface area contributed by atoms with E-state index in [2.05, 4.69) is 15.3 Å². The number of carbonyl (C=O) groups is 1. The van der Waals surface area contributed by atoms with Gasteiger partial charge in [-0.15, -0.1) is 0 Å². The van der Waals surface area contributed by atoms with Crippen LogP contribution in [0.5, 0.6) is 0 Å². The molecule has 0 unspecified atom stereocenters. The summed E-state index contributed by atoms with van der Waals surface area (Å²) >= 11 is 0. The second-order valence-corrected chi connectivity index (χ2v) is 9.94. The summed E-state index contributed by atoms with van der Waals surface area (Å²) in [5.41, 5.74) is 1.57. The number of benzene rings is 1. The van der Waals surface area contributed by atoms with Crippen LogP contribution >= 0.6 is 0 Å². The molecular formula is C21H25F2N3O4S. The van der Waals surface area contributed by atoms with E-state index in [0.29, 0.717) is 17.0 Å².